The van der Waals surface area contributed by atoms with Crippen molar-refractivity contribution in [3.8, 4) is 0 Å². The molecule has 0 heterocycles. The molecule has 0 aliphatic rings. The fourth-order valence-electron chi connectivity index (χ4n) is 1.69. The highest BCUT2D eigenvalue weighted by Crippen LogP contribution is 2.20. The van der Waals surface area contributed by atoms with Gasteiger partial charge in [0.2, 0.25) is 10.0 Å². The van der Waals surface area contributed by atoms with Gasteiger partial charge in [0, 0.05) is 12.6 Å². The Morgan fingerprint density at radius 1 is 1.42 bits per heavy atom. The largest absolute Gasteiger partial charge is 0.329 e. The van der Waals surface area contributed by atoms with Gasteiger partial charge >= 0.3 is 0 Å². The van der Waals surface area contributed by atoms with Gasteiger partial charge < -0.3 is 5.73 Å². The van der Waals surface area contributed by atoms with Crippen molar-refractivity contribution in [1.29, 1.82) is 0 Å². The fraction of sp³-hybridized carbons (Fsp3) is 0.500. The van der Waals surface area contributed by atoms with Gasteiger partial charge in [-0.2, -0.15) is 0 Å². The van der Waals surface area contributed by atoms with Crippen molar-refractivity contribution in [2.75, 3.05) is 6.54 Å². The van der Waals surface area contributed by atoms with Crippen molar-refractivity contribution < 1.29 is 12.8 Å². The maximum atomic E-state index is 13.0. The van der Waals surface area contributed by atoms with E-state index in [4.69, 9.17) is 17.3 Å². The molecule has 0 aliphatic carbocycles. The zero-order chi connectivity index (χ0) is 14.6. The Bertz CT molecular complexity index is 535. The van der Waals surface area contributed by atoms with Gasteiger partial charge in [-0.3, -0.25) is 0 Å². The van der Waals surface area contributed by atoms with Crippen LogP contribution in [-0.2, 0) is 10.0 Å². The summed E-state index contributed by atoms with van der Waals surface area (Å²) in [5.74, 6) is -0.341. The number of nitrogens with two attached hydrogens (primary N) is 1. The van der Waals surface area contributed by atoms with Crippen LogP contribution < -0.4 is 10.5 Å². The van der Waals surface area contributed by atoms with Crippen molar-refractivity contribution in [3.63, 3.8) is 0 Å². The summed E-state index contributed by atoms with van der Waals surface area (Å²) in [5.41, 5.74) is 5.55. The highest BCUT2D eigenvalue weighted by molar-refractivity contribution is 7.89. The number of rotatable bonds is 6. The van der Waals surface area contributed by atoms with Crippen LogP contribution in [0, 0.1) is 11.7 Å². The van der Waals surface area contributed by atoms with Crippen LogP contribution in [0.15, 0.2) is 23.1 Å². The van der Waals surface area contributed by atoms with Crippen LogP contribution in [-0.4, -0.2) is 21.0 Å². The average Bonchev–Trinajstić information content (AvgIpc) is 2.30. The Balaban J connectivity index is 2.93. The molecule has 1 aromatic carbocycles. The lowest BCUT2D eigenvalue weighted by atomic mass is 10.1. The van der Waals surface area contributed by atoms with Crippen LogP contribution in [0.25, 0.3) is 0 Å². The van der Waals surface area contributed by atoms with Crippen molar-refractivity contribution in [3.05, 3.63) is 29.0 Å². The van der Waals surface area contributed by atoms with Crippen LogP contribution in [0.3, 0.4) is 0 Å². The van der Waals surface area contributed by atoms with E-state index in [1.807, 2.05) is 13.8 Å². The van der Waals surface area contributed by atoms with Crippen LogP contribution in [0.2, 0.25) is 5.02 Å². The molecule has 0 radical (unpaired) electrons. The molecule has 1 atom stereocenters. The maximum Gasteiger partial charge on any atom is 0.240 e. The first-order valence-corrected chi connectivity index (χ1v) is 7.80. The van der Waals surface area contributed by atoms with Crippen LogP contribution in [0.1, 0.15) is 20.3 Å². The summed E-state index contributed by atoms with van der Waals surface area (Å²) < 4.78 is 39.7. The summed E-state index contributed by atoms with van der Waals surface area (Å²) >= 11 is 5.58. The highest BCUT2D eigenvalue weighted by atomic mass is 35.5. The van der Waals surface area contributed by atoms with Gasteiger partial charge in [-0.15, -0.1) is 0 Å². The number of hydrogen-bond acceptors (Lipinski definition) is 3. The zero-order valence-corrected chi connectivity index (χ0v) is 12.4. The fourth-order valence-corrected chi connectivity index (χ4v) is 3.23. The number of sulfonamides is 1. The third-order valence-corrected chi connectivity index (χ3v) is 4.37. The van der Waals surface area contributed by atoms with Gasteiger partial charge in [0.1, 0.15) is 5.82 Å². The van der Waals surface area contributed by atoms with Gasteiger partial charge in [-0.25, -0.2) is 17.5 Å². The van der Waals surface area contributed by atoms with Crippen molar-refractivity contribution >= 4 is 21.6 Å². The predicted octanol–water partition coefficient (Wildman–Crippen LogP) is 2.13. The topological polar surface area (TPSA) is 72.2 Å². The molecule has 1 aromatic rings. The van der Waals surface area contributed by atoms with Crippen LogP contribution in [0.5, 0.6) is 0 Å². The minimum absolute atomic E-state index is 0.0684. The Labute approximate surface area is 118 Å². The SMILES string of the molecule is CC(C)CC(CN)NS(=O)(=O)c1ccc(F)c(Cl)c1. The van der Waals surface area contributed by atoms with E-state index in [2.05, 4.69) is 4.72 Å². The Morgan fingerprint density at radius 2 is 2.05 bits per heavy atom. The summed E-state index contributed by atoms with van der Waals surface area (Å²) in [6.45, 7) is 4.16. The molecule has 0 amide bonds. The molecule has 0 bridgehead atoms. The minimum Gasteiger partial charge on any atom is -0.329 e. The van der Waals surface area contributed by atoms with E-state index in [9.17, 15) is 12.8 Å². The molecule has 0 saturated carbocycles. The molecule has 1 unspecified atom stereocenters. The first-order chi connectivity index (χ1) is 8.76. The Kier molecular flexibility index (Phi) is 5.73. The first-order valence-electron chi connectivity index (χ1n) is 5.93. The standard InChI is InChI=1S/C12H18ClFN2O2S/c1-8(2)5-9(7-15)16-19(17,18)10-3-4-12(14)11(13)6-10/h3-4,6,8-9,16H,5,7,15H2,1-2H3. The van der Waals surface area contributed by atoms with Gasteiger partial charge in [0.05, 0.1) is 9.92 Å². The molecular weight excluding hydrogens is 291 g/mol. The normalized spacial score (nSPS) is 13.8. The first kappa shape index (κ1) is 16.4. The number of hydrogen-bond donors (Lipinski definition) is 2. The van der Waals surface area contributed by atoms with Gasteiger partial charge in [0.15, 0.2) is 0 Å². The van der Waals surface area contributed by atoms with E-state index in [-0.39, 0.29) is 22.5 Å². The third kappa shape index (κ3) is 4.72. The molecule has 19 heavy (non-hydrogen) atoms. The van der Waals surface area contributed by atoms with E-state index in [0.29, 0.717) is 12.3 Å². The lowest BCUT2D eigenvalue weighted by molar-refractivity contribution is 0.465. The smallest absolute Gasteiger partial charge is 0.240 e. The summed E-state index contributed by atoms with van der Waals surface area (Å²) in [6.07, 6.45) is 0.630. The maximum absolute atomic E-state index is 13.0. The molecule has 0 fully saturated rings. The van der Waals surface area contributed by atoms with Crippen molar-refractivity contribution in [2.24, 2.45) is 11.7 Å². The molecule has 3 N–H and O–H groups in total. The average molecular weight is 309 g/mol. The minimum atomic E-state index is -3.74. The number of halogens is 2. The molecule has 0 spiro atoms. The third-order valence-electron chi connectivity index (χ3n) is 2.56. The molecule has 0 aliphatic heterocycles. The molecule has 1 rings (SSSR count). The summed E-state index contributed by atoms with van der Waals surface area (Å²) in [6, 6.07) is 2.93. The molecule has 7 heteroatoms. The summed E-state index contributed by atoms with van der Waals surface area (Å²) in [4.78, 5) is -0.0684. The van der Waals surface area contributed by atoms with E-state index in [1.54, 1.807) is 0 Å². The molecule has 0 saturated heterocycles. The van der Waals surface area contributed by atoms with Gasteiger partial charge in [-0.05, 0) is 30.5 Å². The quantitative estimate of drug-likeness (QED) is 0.845. The lowest BCUT2D eigenvalue weighted by Crippen LogP contribution is -2.40. The van der Waals surface area contributed by atoms with Crippen molar-refractivity contribution in [2.45, 2.75) is 31.2 Å². The molecule has 4 nitrogen and oxygen atoms in total. The molecule has 0 aromatic heterocycles. The second kappa shape index (κ2) is 6.65. The van der Waals surface area contributed by atoms with E-state index >= 15 is 0 Å². The zero-order valence-electron chi connectivity index (χ0n) is 10.9. The van der Waals surface area contributed by atoms with Crippen molar-refractivity contribution in [1.82, 2.24) is 4.72 Å². The van der Waals surface area contributed by atoms with Crippen LogP contribution in [0.4, 0.5) is 4.39 Å². The lowest BCUT2D eigenvalue weighted by Gasteiger charge is -2.18. The monoisotopic (exact) mass is 308 g/mol. The van der Waals surface area contributed by atoms with E-state index in [0.717, 1.165) is 12.1 Å². The van der Waals surface area contributed by atoms with E-state index < -0.39 is 15.8 Å². The van der Waals surface area contributed by atoms with Gasteiger partial charge in [0.25, 0.3) is 0 Å². The Morgan fingerprint density at radius 3 is 2.53 bits per heavy atom. The predicted molar refractivity (Wildman–Crippen MR) is 74.0 cm³/mol. The number of nitrogens with one attached hydrogen (secondary N) is 1. The molecule has 108 valence electrons. The highest BCUT2D eigenvalue weighted by Gasteiger charge is 2.20. The number of benzene rings is 1. The van der Waals surface area contributed by atoms with Crippen LogP contribution >= 0.6 is 11.6 Å². The summed E-state index contributed by atoms with van der Waals surface area (Å²) in [7, 11) is -3.74. The Hall–Kier alpha value is -0.690. The van der Waals surface area contributed by atoms with Gasteiger partial charge in [-0.1, -0.05) is 25.4 Å². The molecular formula is C12H18ClFN2O2S. The second-order valence-electron chi connectivity index (χ2n) is 4.76. The van der Waals surface area contributed by atoms with E-state index in [1.165, 1.54) is 6.07 Å². The second-order valence-corrected chi connectivity index (χ2v) is 6.88. The summed E-state index contributed by atoms with van der Waals surface area (Å²) in [5, 5.41) is -0.226.